The lowest BCUT2D eigenvalue weighted by atomic mass is 10.0. The van der Waals surface area contributed by atoms with Gasteiger partial charge in [-0.2, -0.15) is 0 Å². The standard InChI is InChI=1S/C22H29N3O6S2/c1-4-24(5-2)8-9-30-22(29)19-15(12-31-14(3)26)13-33-21-18(20(28)25(19)21)23-17(27)11-16-7-6-10-32-16/h6-7,10,18,21H,4-5,8-9,11-13H2,1-3H3,(H,23,27)/t18-,21-/m1/s1. The fourth-order valence-corrected chi connectivity index (χ4v) is 5.67. The number of thiophene rings is 1. The lowest BCUT2D eigenvalue weighted by molar-refractivity contribution is -0.153. The molecule has 3 heterocycles. The van der Waals surface area contributed by atoms with Crippen molar-refractivity contribution in [3.63, 3.8) is 0 Å². The van der Waals surface area contributed by atoms with Crippen LogP contribution in [0.15, 0.2) is 28.8 Å². The molecule has 0 unspecified atom stereocenters. The van der Waals surface area contributed by atoms with E-state index in [0.29, 0.717) is 17.9 Å². The molecule has 0 saturated carbocycles. The van der Waals surface area contributed by atoms with Crippen LogP contribution in [-0.4, -0.2) is 83.6 Å². The molecule has 0 aliphatic carbocycles. The van der Waals surface area contributed by atoms with Crippen molar-refractivity contribution >= 4 is 46.9 Å². The van der Waals surface area contributed by atoms with E-state index in [4.69, 9.17) is 9.47 Å². The van der Waals surface area contributed by atoms with E-state index < -0.39 is 23.4 Å². The number of esters is 2. The lowest BCUT2D eigenvalue weighted by Crippen LogP contribution is -2.70. The van der Waals surface area contributed by atoms with Crippen LogP contribution in [0.5, 0.6) is 0 Å². The van der Waals surface area contributed by atoms with Crippen LogP contribution in [0.25, 0.3) is 0 Å². The molecule has 0 spiro atoms. The third-order valence-corrected chi connectivity index (χ3v) is 7.67. The molecule has 3 rings (SSSR count). The fourth-order valence-electron chi connectivity index (χ4n) is 3.64. The second kappa shape index (κ2) is 11.7. The second-order valence-corrected chi connectivity index (χ2v) is 9.74. The van der Waals surface area contributed by atoms with E-state index in [2.05, 4.69) is 10.2 Å². The van der Waals surface area contributed by atoms with Gasteiger partial charge < -0.3 is 19.7 Å². The molecule has 180 valence electrons. The summed E-state index contributed by atoms with van der Waals surface area (Å²) in [7, 11) is 0. The molecule has 1 N–H and O–H groups in total. The zero-order valence-corrected chi connectivity index (χ0v) is 20.6. The maximum atomic E-state index is 13.0. The Morgan fingerprint density at radius 1 is 1.24 bits per heavy atom. The Hall–Kier alpha value is -2.37. The predicted octanol–water partition coefficient (Wildman–Crippen LogP) is 1.39. The minimum atomic E-state index is -0.712. The summed E-state index contributed by atoms with van der Waals surface area (Å²) in [5, 5.41) is 4.28. The largest absolute Gasteiger partial charge is 0.461 e. The van der Waals surface area contributed by atoms with Gasteiger partial charge in [-0.1, -0.05) is 19.9 Å². The molecule has 1 fully saturated rings. The minimum absolute atomic E-state index is 0.0886. The van der Waals surface area contributed by atoms with Gasteiger partial charge >= 0.3 is 11.9 Å². The molecule has 1 saturated heterocycles. The van der Waals surface area contributed by atoms with Crippen LogP contribution in [0.1, 0.15) is 25.6 Å². The van der Waals surface area contributed by atoms with Gasteiger partial charge in [0.1, 0.15) is 30.3 Å². The number of thioether (sulfide) groups is 1. The Morgan fingerprint density at radius 2 is 2.00 bits per heavy atom. The van der Waals surface area contributed by atoms with Crippen molar-refractivity contribution in [2.75, 3.05) is 38.6 Å². The van der Waals surface area contributed by atoms with Gasteiger partial charge in [0, 0.05) is 29.7 Å². The highest BCUT2D eigenvalue weighted by atomic mass is 32.2. The maximum Gasteiger partial charge on any atom is 0.355 e. The molecule has 0 aromatic carbocycles. The molecule has 2 amide bonds. The number of amides is 2. The van der Waals surface area contributed by atoms with E-state index in [0.717, 1.165) is 18.0 Å². The number of likely N-dealkylation sites (N-methyl/N-ethyl adjacent to an activating group) is 1. The van der Waals surface area contributed by atoms with Gasteiger partial charge in [0.25, 0.3) is 5.91 Å². The van der Waals surface area contributed by atoms with Crippen molar-refractivity contribution in [1.82, 2.24) is 15.1 Å². The monoisotopic (exact) mass is 495 g/mol. The Labute approximate surface area is 201 Å². The van der Waals surface area contributed by atoms with Gasteiger partial charge in [-0.25, -0.2) is 4.79 Å². The summed E-state index contributed by atoms with van der Waals surface area (Å²) in [6.07, 6.45) is 0.201. The molecule has 1 aromatic rings. The van der Waals surface area contributed by atoms with Crippen molar-refractivity contribution in [2.45, 2.75) is 38.6 Å². The zero-order valence-electron chi connectivity index (χ0n) is 19.0. The number of fused-ring (bicyclic) bond motifs is 1. The third-order valence-electron chi connectivity index (χ3n) is 5.46. The van der Waals surface area contributed by atoms with Crippen molar-refractivity contribution < 1.29 is 28.7 Å². The summed E-state index contributed by atoms with van der Waals surface area (Å²) >= 11 is 2.90. The normalized spacial score (nSPS) is 19.8. The summed E-state index contributed by atoms with van der Waals surface area (Å²) in [5.41, 5.74) is 0.643. The number of carbonyl (C=O) groups excluding carboxylic acids is 4. The number of nitrogens with one attached hydrogen (secondary N) is 1. The number of β-lactam (4-membered cyclic amide) rings is 1. The molecule has 33 heavy (non-hydrogen) atoms. The summed E-state index contributed by atoms with van der Waals surface area (Å²) in [6.45, 7) is 7.70. The van der Waals surface area contributed by atoms with Crippen LogP contribution in [0.3, 0.4) is 0 Å². The average Bonchev–Trinajstić information content (AvgIpc) is 3.30. The van der Waals surface area contributed by atoms with Gasteiger partial charge in [0.2, 0.25) is 5.91 Å². The molecule has 0 radical (unpaired) electrons. The Kier molecular flexibility index (Phi) is 8.93. The van der Waals surface area contributed by atoms with Crippen LogP contribution >= 0.6 is 23.1 Å². The van der Waals surface area contributed by atoms with E-state index in [-0.39, 0.29) is 37.1 Å². The first-order chi connectivity index (χ1) is 15.8. The summed E-state index contributed by atoms with van der Waals surface area (Å²) in [5.74, 6) is -1.32. The summed E-state index contributed by atoms with van der Waals surface area (Å²) < 4.78 is 10.6. The number of nitrogens with zero attached hydrogens (tertiary/aromatic N) is 2. The summed E-state index contributed by atoms with van der Waals surface area (Å²) in [4.78, 5) is 54.0. The third kappa shape index (κ3) is 6.15. The van der Waals surface area contributed by atoms with Crippen molar-refractivity contribution in [3.05, 3.63) is 33.7 Å². The van der Waals surface area contributed by atoms with E-state index >= 15 is 0 Å². The van der Waals surface area contributed by atoms with E-state index in [9.17, 15) is 19.2 Å². The Bertz CT molecular complexity index is 913. The quantitative estimate of drug-likeness (QED) is 0.363. The maximum absolute atomic E-state index is 13.0. The average molecular weight is 496 g/mol. The highest BCUT2D eigenvalue weighted by molar-refractivity contribution is 8.00. The second-order valence-electron chi connectivity index (χ2n) is 7.61. The fraction of sp³-hybridized carbons (Fsp3) is 0.545. The number of rotatable bonds is 11. The molecule has 1 aromatic heterocycles. The predicted molar refractivity (Wildman–Crippen MR) is 125 cm³/mol. The molecule has 2 aliphatic rings. The van der Waals surface area contributed by atoms with Gasteiger partial charge in [-0.3, -0.25) is 19.3 Å². The number of hydrogen-bond acceptors (Lipinski definition) is 9. The molecular formula is C22H29N3O6S2. The van der Waals surface area contributed by atoms with Crippen LogP contribution < -0.4 is 5.32 Å². The van der Waals surface area contributed by atoms with Crippen molar-refractivity contribution in [1.29, 1.82) is 0 Å². The zero-order chi connectivity index (χ0) is 24.0. The first kappa shape index (κ1) is 25.3. The van der Waals surface area contributed by atoms with Gasteiger partial charge in [0.05, 0.1) is 6.42 Å². The Morgan fingerprint density at radius 3 is 2.64 bits per heavy atom. The lowest BCUT2D eigenvalue weighted by Gasteiger charge is -2.49. The van der Waals surface area contributed by atoms with Crippen LogP contribution in [0.2, 0.25) is 0 Å². The van der Waals surface area contributed by atoms with Crippen molar-refractivity contribution in [2.24, 2.45) is 0 Å². The minimum Gasteiger partial charge on any atom is -0.461 e. The van der Waals surface area contributed by atoms with Crippen LogP contribution in [0.4, 0.5) is 0 Å². The smallest absolute Gasteiger partial charge is 0.355 e. The summed E-state index contributed by atoms with van der Waals surface area (Å²) in [6, 6.07) is 3.02. The van der Waals surface area contributed by atoms with E-state index in [1.165, 1.54) is 34.9 Å². The topological polar surface area (TPSA) is 105 Å². The van der Waals surface area contributed by atoms with E-state index in [1.54, 1.807) is 0 Å². The molecule has 2 aliphatic heterocycles. The first-order valence-corrected chi connectivity index (χ1v) is 12.8. The van der Waals surface area contributed by atoms with Crippen LogP contribution in [-0.2, 0) is 35.1 Å². The molecule has 2 atom stereocenters. The number of carbonyl (C=O) groups is 4. The molecule has 9 nitrogen and oxygen atoms in total. The van der Waals surface area contributed by atoms with E-state index in [1.807, 2.05) is 31.4 Å². The molecule has 0 bridgehead atoms. The van der Waals surface area contributed by atoms with Crippen LogP contribution in [0, 0.1) is 0 Å². The highest BCUT2D eigenvalue weighted by Crippen LogP contribution is 2.40. The SMILES string of the molecule is CCN(CC)CCOC(=O)C1=C(COC(C)=O)CS[C@@H]2[C@H](NC(=O)Cc3cccs3)C(=O)N12. The first-order valence-electron chi connectivity index (χ1n) is 10.9. The van der Waals surface area contributed by atoms with Gasteiger partial charge in [0.15, 0.2) is 0 Å². The van der Waals surface area contributed by atoms with Gasteiger partial charge in [-0.05, 0) is 24.5 Å². The number of hydrogen-bond donors (Lipinski definition) is 1. The molecular weight excluding hydrogens is 466 g/mol. The highest BCUT2D eigenvalue weighted by Gasteiger charge is 2.54. The Balaban J connectivity index is 1.69. The number of ether oxygens (including phenoxy) is 2. The van der Waals surface area contributed by atoms with Gasteiger partial charge in [-0.15, -0.1) is 23.1 Å². The molecule has 11 heteroatoms. The van der Waals surface area contributed by atoms with Crippen molar-refractivity contribution in [3.8, 4) is 0 Å².